The van der Waals surface area contributed by atoms with Gasteiger partial charge >= 0.3 is 0 Å². The normalized spacial score (nSPS) is 10.8. The van der Waals surface area contributed by atoms with E-state index >= 15 is 0 Å². The summed E-state index contributed by atoms with van der Waals surface area (Å²) in [7, 11) is 1.54. The van der Waals surface area contributed by atoms with Crippen LogP contribution < -0.4 is 15.8 Å². The molecule has 2 aromatic carbocycles. The number of hydrogen-bond acceptors (Lipinski definition) is 6. The van der Waals surface area contributed by atoms with Gasteiger partial charge in [0, 0.05) is 12.1 Å². The molecule has 0 fully saturated rings. The number of para-hydroxylation sites is 1. The standard InChI is InChI=1S/C20H18N6O2/c1-28-15-5-3-2-4-14(15)20(27)22-10-12-6-8-13(9-7-12)17-16-18(21)23-11-24-19(16)26-25-17/h2-9,11H,10H2,1H3,(H,22,27)(H3,21,23,24,25,26). The van der Waals surface area contributed by atoms with E-state index in [4.69, 9.17) is 10.5 Å². The molecular weight excluding hydrogens is 356 g/mol. The van der Waals surface area contributed by atoms with E-state index in [0.717, 1.165) is 11.1 Å². The van der Waals surface area contributed by atoms with Crippen molar-refractivity contribution in [2.45, 2.75) is 6.54 Å². The second-order valence-electron chi connectivity index (χ2n) is 6.13. The summed E-state index contributed by atoms with van der Waals surface area (Å²) in [6.07, 6.45) is 1.40. The second kappa shape index (κ2) is 7.36. The minimum absolute atomic E-state index is 0.190. The molecule has 0 bridgehead atoms. The predicted molar refractivity (Wildman–Crippen MR) is 106 cm³/mol. The van der Waals surface area contributed by atoms with Crippen LogP contribution in [0.2, 0.25) is 0 Å². The molecular formula is C20H18N6O2. The Morgan fingerprint density at radius 1 is 1.14 bits per heavy atom. The van der Waals surface area contributed by atoms with Gasteiger partial charge in [-0.05, 0) is 17.7 Å². The van der Waals surface area contributed by atoms with Crippen LogP contribution in [0.1, 0.15) is 15.9 Å². The van der Waals surface area contributed by atoms with Crippen LogP contribution in [0.5, 0.6) is 5.75 Å². The van der Waals surface area contributed by atoms with E-state index in [9.17, 15) is 4.79 Å². The van der Waals surface area contributed by atoms with Crippen molar-refractivity contribution in [1.29, 1.82) is 0 Å². The van der Waals surface area contributed by atoms with Gasteiger partial charge in [0.1, 0.15) is 23.6 Å². The number of methoxy groups -OCH3 is 1. The maximum atomic E-state index is 12.4. The summed E-state index contributed by atoms with van der Waals surface area (Å²) in [4.78, 5) is 20.6. The second-order valence-corrected chi connectivity index (χ2v) is 6.13. The van der Waals surface area contributed by atoms with Crippen LogP contribution >= 0.6 is 0 Å². The number of aromatic amines is 1. The Morgan fingerprint density at radius 3 is 2.71 bits per heavy atom. The van der Waals surface area contributed by atoms with Crippen LogP contribution in [0, 0.1) is 0 Å². The Kier molecular flexibility index (Phi) is 4.59. The molecule has 4 aromatic rings. The smallest absolute Gasteiger partial charge is 0.255 e. The minimum Gasteiger partial charge on any atom is -0.496 e. The van der Waals surface area contributed by atoms with Gasteiger partial charge in [-0.1, -0.05) is 36.4 Å². The number of ether oxygens (including phenoxy) is 1. The van der Waals surface area contributed by atoms with Gasteiger partial charge in [0.05, 0.1) is 18.1 Å². The molecule has 0 aliphatic rings. The molecule has 0 spiro atoms. The number of H-pyrrole nitrogens is 1. The number of nitrogens with one attached hydrogen (secondary N) is 2. The number of anilines is 1. The number of fused-ring (bicyclic) bond motifs is 1. The van der Waals surface area contributed by atoms with E-state index in [-0.39, 0.29) is 5.91 Å². The van der Waals surface area contributed by atoms with Gasteiger partial charge in [-0.2, -0.15) is 5.10 Å². The van der Waals surface area contributed by atoms with E-state index in [2.05, 4.69) is 25.5 Å². The fraction of sp³-hybridized carbons (Fsp3) is 0.100. The molecule has 4 rings (SSSR count). The Balaban J connectivity index is 1.50. The van der Waals surface area contributed by atoms with E-state index in [1.54, 1.807) is 25.3 Å². The molecule has 0 aliphatic heterocycles. The van der Waals surface area contributed by atoms with Gasteiger partial charge in [0.2, 0.25) is 0 Å². The molecule has 140 valence electrons. The number of nitrogens with two attached hydrogens (primary N) is 1. The van der Waals surface area contributed by atoms with E-state index < -0.39 is 0 Å². The highest BCUT2D eigenvalue weighted by Gasteiger charge is 2.13. The first kappa shape index (κ1) is 17.5. The summed E-state index contributed by atoms with van der Waals surface area (Å²) in [5.41, 5.74) is 9.58. The van der Waals surface area contributed by atoms with Gasteiger partial charge in [0.15, 0.2) is 5.65 Å². The molecule has 2 heterocycles. The van der Waals surface area contributed by atoms with Crippen LogP contribution in [0.15, 0.2) is 54.9 Å². The molecule has 1 amide bonds. The molecule has 0 saturated heterocycles. The Bertz CT molecular complexity index is 1140. The maximum absolute atomic E-state index is 12.4. The average Bonchev–Trinajstić information content (AvgIpc) is 3.18. The third-order valence-corrected chi connectivity index (χ3v) is 4.42. The summed E-state index contributed by atoms with van der Waals surface area (Å²) in [6, 6.07) is 14.8. The third-order valence-electron chi connectivity index (χ3n) is 4.42. The number of nitrogens with zero attached hydrogens (tertiary/aromatic N) is 3. The lowest BCUT2D eigenvalue weighted by Gasteiger charge is -2.09. The lowest BCUT2D eigenvalue weighted by Crippen LogP contribution is -2.23. The van der Waals surface area contributed by atoms with Crippen LogP contribution in [0.25, 0.3) is 22.3 Å². The predicted octanol–water partition coefficient (Wildman–Crippen LogP) is 2.54. The quantitative estimate of drug-likeness (QED) is 0.494. The van der Waals surface area contributed by atoms with Crippen LogP contribution in [0.3, 0.4) is 0 Å². The summed E-state index contributed by atoms with van der Waals surface area (Å²) in [6.45, 7) is 0.393. The van der Waals surface area contributed by atoms with Gasteiger partial charge in [-0.25, -0.2) is 9.97 Å². The maximum Gasteiger partial charge on any atom is 0.255 e. The number of hydrogen-bond donors (Lipinski definition) is 3. The zero-order valence-electron chi connectivity index (χ0n) is 15.1. The van der Waals surface area contributed by atoms with E-state index in [0.29, 0.717) is 40.4 Å². The summed E-state index contributed by atoms with van der Waals surface area (Å²) >= 11 is 0. The number of carbonyl (C=O) groups is 1. The van der Waals surface area contributed by atoms with E-state index in [1.807, 2.05) is 30.3 Å². The Labute approximate surface area is 160 Å². The molecule has 0 radical (unpaired) electrons. The zero-order chi connectivity index (χ0) is 19.5. The van der Waals surface area contributed by atoms with Crippen molar-refractivity contribution >= 4 is 22.8 Å². The zero-order valence-corrected chi connectivity index (χ0v) is 15.1. The van der Waals surface area contributed by atoms with Crippen molar-refractivity contribution in [2.24, 2.45) is 0 Å². The fourth-order valence-electron chi connectivity index (χ4n) is 2.98. The van der Waals surface area contributed by atoms with Crippen molar-refractivity contribution in [1.82, 2.24) is 25.5 Å². The topological polar surface area (TPSA) is 119 Å². The van der Waals surface area contributed by atoms with Crippen molar-refractivity contribution in [3.63, 3.8) is 0 Å². The van der Waals surface area contributed by atoms with Gasteiger partial charge < -0.3 is 15.8 Å². The molecule has 0 saturated carbocycles. The summed E-state index contributed by atoms with van der Waals surface area (Å²) in [5.74, 6) is 0.729. The van der Waals surface area contributed by atoms with Crippen molar-refractivity contribution < 1.29 is 9.53 Å². The summed E-state index contributed by atoms with van der Waals surface area (Å²) < 4.78 is 5.23. The average molecular weight is 374 g/mol. The third kappa shape index (κ3) is 3.23. The minimum atomic E-state index is -0.190. The molecule has 8 nitrogen and oxygen atoms in total. The number of rotatable bonds is 5. The highest BCUT2D eigenvalue weighted by Crippen LogP contribution is 2.28. The number of benzene rings is 2. The van der Waals surface area contributed by atoms with Crippen LogP contribution in [-0.2, 0) is 6.54 Å². The largest absolute Gasteiger partial charge is 0.496 e. The molecule has 0 aliphatic carbocycles. The number of carbonyl (C=O) groups excluding carboxylic acids is 1. The molecule has 4 N–H and O–H groups in total. The molecule has 2 aromatic heterocycles. The Hall–Kier alpha value is -3.94. The molecule has 0 unspecified atom stereocenters. The highest BCUT2D eigenvalue weighted by molar-refractivity contribution is 5.98. The first-order valence-corrected chi connectivity index (χ1v) is 8.62. The SMILES string of the molecule is COc1ccccc1C(=O)NCc1ccc(-c2n[nH]c3ncnc(N)c23)cc1. The van der Waals surface area contributed by atoms with Crippen molar-refractivity contribution in [3.05, 3.63) is 66.0 Å². The fourth-order valence-corrected chi connectivity index (χ4v) is 2.98. The van der Waals surface area contributed by atoms with Crippen molar-refractivity contribution in [3.8, 4) is 17.0 Å². The Morgan fingerprint density at radius 2 is 1.93 bits per heavy atom. The van der Waals surface area contributed by atoms with Crippen LogP contribution in [0.4, 0.5) is 5.82 Å². The lowest BCUT2D eigenvalue weighted by molar-refractivity contribution is 0.0948. The van der Waals surface area contributed by atoms with Gasteiger partial charge in [-0.15, -0.1) is 0 Å². The number of aromatic nitrogens is 4. The first-order valence-electron chi connectivity index (χ1n) is 8.62. The number of amides is 1. The molecule has 0 atom stereocenters. The first-order chi connectivity index (χ1) is 13.7. The lowest BCUT2D eigenvalue weighted by atomic mass is 10.1. The number of nitrogen functional groups attached to an aromatic ring is 1. The molecule has 28 heavy (non-hydrogen) atoms. The van der Waals surface area contributed by atoms with E-state index in [1.165, 1.54) is 6.33 Å². The highest BCUT2D eigenvalue weighted by atomic mass is 16.5. The van der Waals surface area contributed by atoms with Gasteiger partial charge in [0.25, 0.3) is 5.91 Å². The van der Waals surface area contributed by atoms with Gasteiger partial charge in [-0.3, -0.25) is 9.89 Å². The monoisotopic (exact) mass is 374 g/mol. The summed E-state index contributed by atoms with van der Waals surface area (Å²) in [5, 5.41) is 10.8. The van der Waals surface area contributed by atoms with Crippen LogP contribution in [-0.4, -0.2) is 33.2 Å². The van der Waals surface area contributed by atoms with Crippen molar-refractivity contribution in [2.75, 3.05) is 12.8 Å². The molecule has 8 heteroatoms.